The SMILES string of the molecule is C/C(=C\C(=O)O)CC[C@H]1[C@]2(C)CCCC(C)(C)[C@H]2[C@H](O)C[C@]1(C)O. The van der Waals surface area contributed by atoms with E-state index in [0.29, 0.717) is 12.8 Å². The Morgan fingerprint density at radius 2 is 1.83 bits per heavy atom. The van der Waals surface area contributed by atoms with Crippen LogP contribution < -0.4 is 0 Å². The van der Waals surface area contributed by atoms with E-state index in [9.17, 15) is 15.0 Å². The molecule has 3 N–H and O–H groups in total. The maximum absolute atomic E-state index is 11.1. The standard InChI is InChI=1S/C20H34O4/c1-13(11-16(22)23)7-8-15-19(4)10-6-9-18(2,3)17(19)14(21)12-20(15,5)24/h11,14-15,17,21,24H,6-10,12H2,1-5H3,(H,22,23)/b13-11+/t14-,15+,17-,19+,20+/m1/s1. The molecule has 0 radical (unpaired) electrons. The van der Waals surface area contributed by atoms with E-state index in [4.69, 9.17) is 5.11 Å². The van der Waals surface area contributed by atoms with Crippen molar-refractivity contribution in [2.75, 3.05) is 0 Å². The van der Waals surface area contributed by atoms with E-state index in [2.05, 4.69) is 20.8 Å². The molecule has 4 heteroatoms. The third-order valence-corrected chi connectivity index (χ3v) is 6.84. The van der Waals surface area contributed by atoms with Crippen molar-refractivity contribution in [3.63, 3.8) is 0 Å². The number of carboxylic acid groups (broad SMARTS) is 1. The summed E-state index contributed by atoms with van der Waals surface area (Å²) in [5, 5.41) is 30.8. The molecule has 138 valence electrons. The number of carbonyl (C=O) groups is 1. The van der Waals surface area contributed by atoms with Gasteiger partial charge in [-0.1, -0.05) is 32.8 Å². The molecule has 2 rings (SSSR count). The van der Waals surface area contributed by atoms with Crippen LogP contribution in [-0.2, 0) is 4.79 Å². The molecule has 0 aliphatic heterocycles. The maximum Gasteiger partial charge on any atom is 0.328 e. The molecule has 2 aliphatic rings. The van der Waals surface area contributed by atoms with E-state index in [1.807, 2.05) is 13.8 Å². The summed E-state index contributed by atoms with van der Waals surface area (Å²) >= 11 is 0. The molecule has 2 fully saturated rings. The summed E-state index contributed by atoms with van der Waals surface area (Å²) in [6.45, 7) is 10.4. The fourth-order valence-electron chi connectivity index (χ4n) is 6.17. The monoisotopic (exact) mass is 338 g/mol. The van der Waals surface area contributed by atoms with Gasteiger partial charge in [-0.15, -0.1) is 0 Å². The number of hydrogen-bond acceptors (Lipinski definition) is 3. The summed E-state index contributed by atoms with van der Waals surface area (Å²) < 4.78 is 0. The van der Waals surface area contributed by atoms with E-state index in [1.165, 1.54) is 6.08 Å². The molecule has 5 atom stereocenters. The van der Waals surface area contributed by atoms with Gasteiger partial charge in [-0.25, -0.2) is 4.79 Å². The van der Waals surface area contributed by atoms with Crippen molar-refractivity contribution in [1.29, 1.82) is 0 Å². The van der Waals surface area contributed by atoms with Crippen molar-refractivity contribution >= 4 is 5.97 Å². The number of aliphatic hydroxyl groups is 2. The molecule has 0 saturated heterocycles. The lowest BCUT2D eigenvalue weighted by atomic mass is 9.44. The third-order valence-electron chi connectivity index (χ3n) is 6.84. The van der Waals surface area contributed by atoms with Gasteiger partial charge in [0.1, 0.15) is 0 Å². The van der Waals surface area contributed by atoms with Crippen LogP contribution in [0.5, 0.6) is 0 Å². The summed E-state index contributed by atoms with van der Waals surface area (Å²) in [5.74, 6) is -0.677. The van der Waals surface area contributed by atoms with Crippen LogP contribution in [0.1, 0.15) is 73.1 Å². The number of aliphatic carboxylic acids is 1. The Kier molecular flexibility index (Phi) is 5.23. The summed E-state index contributed by atoms with van der Waals surface area (Å²) in [7, 11) is 0. The van der Waals surface area contributed by atoms with Gasteiger partial charge in [-0.3, -0.25) is 0 Å². The molecular weight excluding hydrogens is 304 g/mol. The Morgan fingerprint density at radius 3 is 2.42 bits per heavy atom. The first kappa shape index (κ1) is 19.5. The molecule has 24 heavy (non-hydrogen) atoms. The molecule has 0 bridgehead atoms. The van der Waals surface area contributed by atoms with Gasteiger partial charge in [-0.05, 0) is 62.2 Å². The van der Waals surface area contributed by atoms with Crippen LogP contribution in [0.3, 0.4) is 0 Å². The maximum atomic E-state index is 11.1. The zero-order valence-corrected chi connectivity index (χ0v) is 15.8. The summed E-state index contributed by atoms with van der Waals surface area (Å²) in [4.78, 5) is 10.8. The number of fused-ring (bicyclic) bond motifs is 1. The Morgan fingerprint density at radius 1 is 1.21 bits per heavy atom. The van der Waals surface area contributed by atoms with E-state index < -0.39 is 17.7 Å². The van der Waals surface area contributed by atoms with Crippen molar-refractivity contribution in [2.24, 2.45) is 22.7 Å². The quantitative estimate of drug-likeness (QED) is 0.682. The van der Waals surface area contributed by atoms with Gasteiger partial charge in [0.05, 0.1) is 11.7 Å². The van der Waals surface area contributed by atoms with Crippen LogP contribution in [0.2, 0.25) is 0 Å². The minimum Gasteiger partial charge on any atom is -0.478 e. The molecule has 4 nitrogen and oxygen atoms in total. The number of hydrogen-bond donors (Lipinski definition) is 3. The second-order valence-corrected chi connectivity index (χ2v) is 9.37. The van der Waals surface area contributed by atoms with Gasteiger partial charge >= 0.3 is 5.97 Å². The average molecular weight is 338 g/mol. The predicted molar refractivity (Wildman–Crippen MR) is 94.6 cm³/mol. The number of carboxylic acids is 1. The van der Waals surface area contributed by atoms with Gasteiger partial charge in [0.2, 0.25) is 0 Å². The molecule has 2 aliphatic carbocycles. The minimum absolute atomic E-state index is 0.0626. The third kappa shape index (κ3) is 3.55. The Balaban J connectivity index is 2.31. The highest BCUT2D eigenvalue weighted by Gasteiger charge is 2.60. The minimum atomic E-state index is -0.916. The Hall–Kier alpha value is -0.870. The van der Waals surface area contributed by atoms with Crippen LogP contribution in [-0.4, -0.2) is 33.0 Å². The summed E-state index contributed by atoms with van der Waals surface area (Å²) in [6.07, 6.45) is 5.86. The molecule has 0 aromatic rings. The van der Waals surface area contributed by atoms with E-state index in [0.717, 1.165) is 31.3 Å². The number of aliphatic hydroxyl groups excluding tert-OH is 1. The Labute approximate surface area is 146 Å². The zero-order chi connectivity index (χ0) is 18.3. The largest absolute Gasteiger partial charge is 0.478 e. The molecule has 0 amide bonds. The van der Waals surface area contributed by atoms with Crippen molar-refractivity contribution in [2.45, 2.75) is 84.8 Å². The average Bonchev–Trinajstić information content (AvgIpc) is 2.33. The lowest BCUT2D eigenvalue weighted by Gasteiger charge is -2.63. The topological polar surface area (TPSA) is 77.8 Å². The van der Waals surface area contributed by atoms with Gasteiger partial charge in [0.25, 0.3) is 0 Å². The number of rotatable bonds is 4. The van der Waals surface area contributed by atoms with Crippen LogP contribution >= 0.6 is 0 Å². The smallest absolute Gasteiger partial charge is 0.328 e. The van der Waals surface area contributed by atoms with E-state index >= 15 is 0 Å². The second kappa shape index (κ2) is 6.45. The highest BCUT2D eigenvalue weighted by atomic mass is 16.4. The van der Waals surface area contributed by atoms with E-state index in [1.54, 1.807) is 0 Å². The molecular formula is C20H34O4. The number of allylic oxidation sites excluding steroid dienone is 1. The van der Waals surface area contributed by atoms with Crippen LogP contribution in [0.4, 0.5) is 0 Å². The van der Waals surface area contributed by atoms with Gasteiger partial charge in [-0.2, -0.15) is 0 Å². The first-order chi connectivity index (χ1) is 10.9. The molecule has 0 heterocycles. The lowest BCUT2D eigenvalue weighted by molar-refractivity contribution is -0.214. The first-order valence-corrected chi connectivity index (χ1v) is 9.21. The molecule has 0 aromatic carbocycles. The molecule has 2 saturated carbocycles. The second-order valence-electron chi connectivity index (χ2n) is 9.37. The zero-order valence-electron chi connectivity index (χ0n) is 15.8. The first-order valence-electron chi connectivity index (χ1n) is 9.21. The summed E-state index contributed by atoms with van der Waals surface area (Å²) in [5.41, 5.74) is -0.138. The van der Waals surface area contributed by atoms with Crippen LogP contribution in [0.15, 0.2) is 11.6 Å². The highest BCUT2D eigenvalue weighted by molar-refractivity contribution is 5.80. The van der Waals surface area contributed by atoms with E-state index in [-0.39, 0.29) is 22.7 Å². The van der Waals surface area contributed by atoms with Gasteiger partial charge in [0, 0.05) is 12.5 Å². The predicted octanol–water partition coefficient (Wildman–Crippen LogP) is 3.76. The summed E-state index contributed by atoms with van der Waals surface area (Å²) in [6, 6.07) is 0. The van der Waals surface area contributed by atoms with Crippen molar-refractivity contribution < 1.29 is 20.1 Å². The Bertz CT molecular complexity index is 520. The van der Waals surface area contributed by atoms with Gasteiger partial charge in [0.15, 0.2) is 0 Å². The molecule has 0 unspecified atom stereocenters. The van der Waals surface area contributed by atoms with Crippen LogP contribution in [0.25, 0.3) is 0 Å². The fraction of sp³-hybridized carbons (Fsp3) is 0.850. The van der Waals surface area contributed by atoms with Crippen LogP contribution in [0, 0.1) is 22.7 Å². The highest BCUT2D eigenvalue weighted by Crippen LogP contribution is 2.62. The fourth-order valence-corrected chi connectivity index (χ4v) is 6.17. The van der Waals surface area contributed by atoms with Crippen molar-refractivity contribution in [1.82, 2.24) is 0 Å². The molecule has 0 aromatic heterocycles. The van der Waals surface area contributed by atoms with Crippen molar-refractivity contribution in [3.8, 4) is 0 Å². The normalized spacial score (nSPS) is 42.5. The van der Waals surface area contributed by atoms with Crippen molar-refractivity contribution in [3.05, 3.63) is 11.6 Å². The molecule has 0 spiro atoms. The lowest BCUT2D eigenvalue weighted by Crippen LogP contribution is -2.62. The van der Waals surface area contributed by atoms with Gasteiger partial charge < -0.3 is 15.3 Å².